The second-order valence-electron chi connectivity index (χ2n) is 16.1. The Morgan fingerprint density at radius 1 is 0.678 bits per heavy atom. The molecule has 0 unspecified atom stereocenters. The number of carbonyl (C=O) groups excluding carboxylic acids is 7. The van der Waals surface area contributed by atoms with E-state index in [0.717, 1.165) is 19.4 Å². The largest absolute Gasteiger partial charge is 0.461 e. The summed E-state index contributed by atoms with van der Waals surface area (Å²) in [7, 11) is 0. The average molecular weight is 822 g/mol. The van der Waals surface area contributed by atoms with Crippen molar-refractivity contribution in [2.75, 3.05) is 39.5 Å². The molecular formula is C44H63N5O10. The van der Waals surface area contributed by atoms with Gasteiger partial charge in [0.25, 0.3) is 0 Å². The summed E-state index contributed by atoms with van der Waals surface area (Å²) in [6.45, 7) is 12.8. The Kier molecular flexibility index (Phi) is 19.7. The van der Waals surface area contributed by atoms with Crippen molar-refractivity contribution >= 4 is 41.4 Å². The van der Waals surface area contributed by atoms with Crippen molar-refractivity contribution in [1.82, 2.24) is 26.2 Å². The molecule has 15 nitrogen and oxygen atoms in total. The van der Waals surface area contributed by atoms with Crippen molar-refractivity contribution < 1.29 is 47.8 Å². The van der Waals surface area contributed by atoms with E-state index in [2.05, 4.69) is 21.3 Å². The summed E-state index contributed by atoms with van der Waals surface area (Å²) in [5.74, 6) is -4.52. The van der Waals surface area contributed by atoms with Gasteiger partial charge in [0.05, 0.1) is 25.8 Å². The number of nitrogens with zero attached hydrogens (tertiary/aromatic N) is 1. The maximum Gasteiger partial charge on any atom is 0.303 e. The Balaban J connectivity index is 1.89. The molecule has 0 radical (unpaired) electrons. The first-order valence-electron chi connectivity index (χ1n) is 20.4. The fourth-order valence-corrected chi connectivity index (χ4v) is 6.78. The zero-order chi connectivity index (χ0) is 43.5. The van der Waals surface area contributed by atoms with Gasteiger partial charge in [-0.3, -0.25) is 38.5 Å². The lowest BCUT2D eigenvalue weighted by Gasteiger charge is -2.32. The Morgan fingerprint density at radius 2 is 1.19 bits per heavy atom. The van der Waals surface area contributed by atoms with Crippen LogP contribution in [0.25, 0.3) is 0 Å². The molecule has 4 amide bonds. The molecule has 1 aliphatic rings. The molecule has 2 aromatic rings. The van der Waals surface area contributed by atoms with Crippen molar-refractivity contribution in [2.45, 2.75) is 110 Å². The number of ketones is 1. The Bertz CT molecular complexity index is 1700. The second-order valence-corrected chi connectivity index (χ2v) is 16.1. The number of Topliss-reactive ketones (excluding diaryl/α,β-unsaturated/α-hetero) is 1. The molecule has 324 valence electrons. The molecule has 1 fully saturated rings. The lowest BCUT2D eigenvalue weighted by atomic mass is 9.89. The van der Waals surface area contributed by atoms with Crippen LogP contribution in [0.1, 0.15) is 78.9 Å². The number of benzene rings is 2. The molecule has 4 N–H and O–H groups in total. The first-order valence-corrected chi connectivity index (χ1v) is 20.4. The molecule has 1 aliphatic heterocycles. The maximum atomic E-state index is 14.3. The number of nitrogens with one attached hydrogen (secondary N) is 4. The van der Waals surface area contributed by atoms with Gasteiger partial charge < -0.3 is 35.5 Å². The molecule has 59 heavy (non-hydrogen) atoms. The van der Waals surface area contributed by atoms with Crippen molar-refractivity contribution in [3.05, 3.63) is 71.8 Å². The fourth-order valence-electron chi connectivity index (χ4n) is 6.78. The molecule has 3 rings (SSSR count). The number of amides is 4. The third-order valence-electron chi connectivity index (χ3n) is 9.72. The number of rotatable bonds is 23. The topological polar surface area (TPSA) is 199 Å². The van der Waals surface area contributed by atoms with Gasteiger partial charge in [0.15, 0.2) is 0 Å². The molecule has 0 aromatic heterocycles. The number of esters is 2. The molecule has 5 atom stereocenters. The van der Waals surface area contributed by atoms with Crippen LogP contribution in [0, 0.1) is 11.8 Å². The minimum atomic E-state index is -1.91. The van der Waals surface area contributed by atoms with Crippen LogP contribution < -0.4 is 21.3 Å². The number of hydrogen-bond acceptors (Lipinski definition) is 11. The molecule has 0 aliphatic carbocycles. The number of ether oxygens (including phenoxy) is 3. The molecule has 1 heterocycles. The number of hydrogen-bond donors (Lipinski definition) is 4. The van der Waals surface area contributed by atoms with Crippen LogP contribution in [0.15, 0.2) is 60.7 Å². The Morgan fingerprint density at radius 3 is 1.75 bits per heavy atom. The van der Waals surface area contributed by atoms with Crippen LogP contribution >= 0.6 is 0 Å². The highest BCUT2D eigenvalue weighted by Crippen LogP contribution is 2.20. The molecule has 0 saturated carbocycles. The van der Waals surface area contributed by atoms with E-state index in [1.165, 1.54) is 6.92 Å². The lowest BCUT2D eigenvalue weighted by molar-refractivity contribution is -0.175. The summed E-state index contributed by atoms with van der Waals surface area (Å²) in [5, 5.41) is 11.4. The molecule has 15 heteroatoms. The Hall–Kier alpha value is -5.15. The van der Waals surface area contributed by atoms with E-state index in [0.29, 0.717) is 38.3 Å². The highest BCUT2D eigenvalue weighted by Gasteiger charge is 2.43. The second kappa shape index (κ2) is 24.1. The van der Waals surface area contributed by atoms with Gasteiger partial charge in [-0.25, -0.2) is 0 Å². The maximum absolute atomic E-state index is 14.3. The molecule has 0 bridgehead atoms. The molecule has 2 aromatic carbocycles. The van der Waals surface area contributed by atoms with Crippen molar-refractivity contribution in [3.8, 4) is 0 Å². The van der Waals surface area contributed by atoms with Gasteiger partial charge in [-0.05, 0) is 55.6 Å². The van der Waals surface area contributed by atoms with Crippen LogP contribution in [0.3, 0.4) is 0 Å². The van der Waals surface area contributed by atoms with Gasteiger partial charge in [0.1, 0.15) is 24.7 Å². The SMILES string of the molecule is CC(=O)OC[C@@](C)(OC(C)=O)C(=O)[C@H](CC(C)C)NC(=O)[C@H](Cc1ccccc1)NC(=O)[C@H](CC(C)C)NC(=O)[C@H](CCc1ccccc1)NC(=O)CN1CCOCC1. The standard InChI is InChI=1S/C44H63N5O10/c1-29(2)24-36(40(53)44(7,59-32(6)51)28-58-31(5)50)46-43(56)38(26-34-16-12-9-13-17-34)48-42(55)37(25-30(3)4)47-41(54)35(19-18-33-14-10-8-11-15-33)45-39(52)27-49-20-22-57-23-21-49/h8-17,29-30,35-38H,18-28H2,1-7H3,(H,45,52)(H,46,56)(H,47,54)(H,48,55)/t35-,36-,37-,38-,44+/m0/s1. The van der Waals surface area contributed by atoms with Gasteiger partial charge in [0, 0.05) is 33.4 Å². The first-order chi connectivity index (χ1) is 27.9. The summed E-state index contributed by atoms with van der Waals surface area (Å²) in [4.78, 5) is 95.6. The zero-order valence-electron chi connectivity index (χ0n) is 35.5. The van der Waals surface area contributed by atoms with Crippen LogP contribution in [-0.2, 0) is 60.6 Å². The van der Waals surface area contributed by atoms with Gasteiger partial charge in [-0.15, -0.1) is 0 Å². The molecular weight excluding hydrogens is 759 g/mol. The fraction of sp³-hybridized carbons (Fsp3) is 0.568. The van der Waals surface area contributed by atoms with E-state index in [4.69, 9.17) is 14.2 Å². The van der Waals surface area contributed by atoms with Gasteiger partial charge in [0.2, 0.25) is 35.0 Å². The van der Waals surface area contributed by atoms with Gasteiger partial charge in [-0.2, -0.15) is 0 Å². The normalized spacial score (nSPS) is 16.1. The van der Waals surface area contributed by atoms with Crippen molar-refractivity contribution in [1.29, 1.82) is 0 Å². The zero-order valence-corrected chi connectivity index (χ0v) is 35.5. The van der Waals surface area contributed by atoms with Gasteiger partial charge >= 0.3 is 11.9 Å². The Labute approximate surface area is 348 Å². The first kappa shape index (κ1) is 48.2. The van der Waals surface area contributed by atoms with Crippen LogP contribution in [-0.4, -0.2) is 115 Å². The minimum Gasteiger partial charge on any atom is -0.461 e. The van der Waals surface area contributed by atoms with E-state index in [1.807, 2.05) is 69.0 Å². The van der Waals surface area contributed by atoms with E-state index < -0.39 is 71.8 Å². The van der Waals surface area contributed by atoms with Gasteiger partial charge in [-0.1, -0.05) is 88.4 Å². The monoisotopic (exact) mass is 821 g/mol. The summed E-state index contributed by atoms with van der Waals surface area (Å²) in [6, 6.07) is 14.1. The average Bonchev–Trinajstić information content (AvgIpc) is 3.18. The quantitative estimate of drug-likeness (QED) is 0.120. The minimum absolute atomic E-state index is 0.0370. The molecule has 1 saturated heterocycles. The highest BCUT2D eigenvalue weighted by molar-refractivity contribution is 5.98. The van der Waals surface area contributed by atoms with E-state index in [9.17, 15) is 33.6 Å². The van der Waals surface area contributed by atoms with Crippen molar-refractivity contribution in [3.63, 3.8) is 0 Å². The number of morpholine rings is 1. The molecule has 0 spiro atoms. The van der Waals surface area contributed by atoms with E-state index >= 15 is 0 Å². The third-order valence-corrected chi connectivity index (χ3v) is 9.72. The number of carbonyl (C=O) groups is 7. The van der Waals surface area contributed by atoms with Crippen LogP contribution in [0.4, 0.5) is 0 Å². The summed E-state index contributed by atoms with van der Waals surface area (Å²) in [6.07, 6.45) is 1.16. The van der Waals surface area contributed by atoms with Crippen molar-refractivity contribution in [2.24, 2.45) is 11.8 Å². The number of aryl methyl sites for hydroxylation is 1. The predicted octanol–water partition coefficient (Wildman–Crippen LogP) is 2.68. The summed E-state index contributed by atoms with van der Waals surface area (Å²) >= 11 is 0. The van der Waals surface area contributed by atoms with E-state index in [-0.39, 0.29) is 50.0 Å². The summed E-state index contributed by atoms with van der Waals surface area (Å²) in [5.41, 5.74) is -0.218. The van der Waals surface area contributed by atoms with Crippen LogP contribution in [0.2, 0.25) is 0 Å². The summed E-state index contributed by atoms with van der Waals surface area (Å²) < 4.78 is 15.9. The highest BCUT2D eigenvalue weighted by atomic mass is 16.6. The lowest BCUT2D eigenvalue weighted by Crippen LogP contribution is -2.60. The predicted molar refractivity (Wildman–Crippen MR) is 221 cm³/mol. The third kappa shape index (κ3) is 17.3. The van der Waals surface area contributed by atoms with Crippen LogP contribution in [0.5, 0.6) is 0 Å². The smallest absolute Gasteiger partial charge is 0.303 e. The van der Waals surface area contributed by atoms with E-state index in [1.54, 1.807) is 24.3 Å².